The third-order valence-corrected chi connectivity index (χ3v) is 2.95. The van der Waals surface area contributed by atoms with Crippen LogP contribution in [-0.2, 0) is 0 Å². The minimum Gasteiger partial charge on any atom is -0.334 e. The summed E-state index contributed by atoms with van der Waals surface area (Å²) >= 11 is 3.18. The largest absolute Gasteiger partial charge is 0.334 e. The molecule has 6 heteroatoms. The van der Waals surface area contributed by atoms with Crippen LogP contribution >= 0.6 is 15.9 Å². The minimum absolute atomic E-state index is 0.0615. The quantitative estimate of drug-likeness (QED) is 0.682. The molecule has 1 heterocycles. The lowest BCUT2D eigenvalue weighted by Gasteiger charge is -2.08. The van der Waals surface area contributed by atoms with E-state index < -0.39 is 4.92 Å². The van der Waals surface area contributed by atoms with Crippen LogP contribution in [0.4, 0.5) is 17.2 Å². The number of nitrogens with zero attached hydrogens (tertiary/aromatic N) is 2. The Balaban J connectivity index is 2.40. The number of anilines is 2. The van der Waals surface area contributed by atoms with Crippen LogP contribution in [0.25, 0.3) is 0 Å². The van der Waals surface area contributed by atoms with Crippen LogP contribution in [0.2, 0.25) is 0 Å². The predicted molar refractivity (Wildman–Crippen MR) is 77.8 cm³/mol. The Morgan fingerprint density at radius 3 is 2.42 bits per heavy atom. The Morgan fingerprint density at radius 1 is 1.21 bits per heavy atom. The maximum Gasteiger partial charge on any atom is 0.312 e. The van der Waals surface area contributed by atoms with Gasteiger partial charge < -0.3 is 5.32 Å². The summed E-state index contributed by atoms with van der Waals surface area (Å²) in [5.41, 5.74) is 2.90. The van der Waals surface area contributed by atoms with Gasteiger partial charge in [0.2, 0.25) is 5.82 Å². The molecular weight excluding hydrogens is 310 g/mol. The first-order chi connectivity index (χ1) is 8.95. The van der Waals surface area contributed by atoms with Crippen molar-refractivity contribution in [2.45, 2.75) is 13.8 Å². The molecule has 1 aromatic carbocycles. The number of nitrogens with one attached hydrogen (secondary N) is 1. The van der Waals surface area contributed by atoms with Gasteiger partial charge in [0.05, 0.1) is 4.92 Å². The average molecular weight is 322 g/mol. The van der Waals surface area contributed by atoms with E-state index in [1.54, 1.807) is 0 Å². The average Bonchev–Trinajstić information content (AvgIpc) is 2.30. The number of rotatable bonds is 3. The molecule has 0 aliphatic heterocycles. The lowest BCUT2D eigenvalue weighted by molar-refractivity contribution is -0.384. The second-order valence-electron chi connectivity index (χ2n) is 4.28. The molecule has 19 heavy (non-hydrogen) atoms. The van der Waals surface area contributed by atoms with Gasteiger partial charge in [-0.25, -0.2) is 4.98 Å². The molecule has 0 saturated carbocycles. The summed E-state index contributed by atoms with van der Waals surface area (Å²) < 4.78 is 0.574. The molecule has 1 N–H and O–H groups in total. The summed E-state index contributed by atoms with van der Waals surface area (Å²) in [6, 6.07) is 7.30. The molecule has 98 valence electrons. The maximum atomic E-state index is 11.0. The molecule has 0 aliphatic carbocycles. The van der Waals surface area contributed by atoms with Crippen molar-refractivity contribution < 1.29 is 4.92 Å². The molecule has 0 amide bonds. The number of benzene rings is 1. The lowest BCUT2D eigenvalue weighted by atomic mass is 10.1. The fourth-order valence-electron chi connectivity index (χ4n) is 1.85. The first-order valence-corrected chi connectivity index (χ1v) is 6.40. The smallest absolute Gasteiger partial charge is 0.312 e. The van der Waals surface area contributed by atoms with E-state index in [2.05, 4.69) is 26.2 Å². The number of nitro groups is 1. The summed E-state index contributed by atoms with van der Waals surface area (Å²) in [5.74, 6) is 0.234. The second-order valence-corrected chi connectivity index (χ2v) is 5.20. The monoisotopic (exact) mass is 321 g/mol. The van der Waals surface area contributed by atoms with Crippen LogP contribution in [0.5, 0.6) is 0 Å². The molecule has 0 unspecified atom stereocenters. The van der Waals surface area contributed by atoms with E-state index in [0.717, 1.165) is 16.8 Å². The summed E-state index contributed by atoms with van der Waals surface area (Å²) in [6.07, 6.45) is 1.53. The summed E-state index contributed by atoms with van der Waals surface area (Å²) in [4.78, 5) is 14.6. The van der Waals surface area contributed by atoms with Gasteiger partial charge in [-0.3, -0.25) is 10.1 Å². The predicted octanol–water partition coefficient (Wildman–Crippen LogP) is 4.11. The topological polar surface area (TPSA) is 68.1 Å². The normalized spacial score (nSPS) is 10.3. The zero-order chi connectivity index (χ0) is 14.0. The van der Waals surface area contributed by atoms with E-state index in [4.69, 9.17) is 0 Å². The zero-order valence-corrected chi connectivity index (χ0v) is 12.1. The van der Waals surface area contributed by atoms with Gasteiger partial charge in [-0.15, -0.1) is 0 Å². The molecule has 1 aromatic heterocycles. The molecule has 0 spiro atoms. The molecule has 0 fully saturated rings. The Kier molecular flexibility index (Phi) is 3.80. The van der Waals surface area contributed by atoms with Gasteiger partial charge in [-0.2, -0.15) is 0 Å². The Labute approximate surface area is 119 Å². The van der Waals surface area contributed by atoms with Crippen LogP contribution in [0.15, 0.2) is 34.9 Å². The first kappa shape index (κ1) is 13.5. The van der Waals surface area contributed by atoms with Crippen LogP contribution < -0.4 is 5.32 Å². The van der Waals surface area contributed by atoms with Crippen LogP contribution in [0.1, 0.15) is 11.1 Å². The number of aryl methyl sites for hydroxylation is 2. The van der Waals surface area contributed by atoms with Gasteiger partial charge in [0, 0.05) is 22.4 Å². The van der Waals surface area contributed by atoms with Gasteiger partial charge in [-0.1, -0.05) is 6.07 Å². The SMILES string of the molecule is Cc1cc(C)cc(Nc2ncc(Br)cc2[N+](=O)[O-])c1. The number of pyridine rings is 1. The minimum atomic E-state index is -0.456. The highest BCUT2D eigenvalue weighted by Crippen LogP contribution is 2.28. The summed E-state index contributed by atoms with van der Waals surface area (Å²) in [6.45, 7) is 3.95. The van der Waals surface area contributed by atoms with Crippen molar-refractivity contribution in [1.82, 2.24) is 4.98 Å². The Morgan fingerprint density at radius 2 is 1.84 bits per heavy atom. The second kappa shape index (κ2) is 5.36. The van der Waals surface area contributed by atoms with Crippen molar-refractivity contribution in [3.8, 4) is 0 Å². The maximum absolute atomic E-state index is 11.0. The molecule has 0 bridgehead atoms. The van der Waals surface area contributed by atoms with Crippen molar-refractivity contribution in [3.63, 3.8) is 0 Å². The third kappa shape index (κ3) is 3.29. The molecular formula is C13H12BrN3O2. The molecule has 2 rings (SSSR count). The highest BCUT2D eigenvalue weighted by molar-refractivity contribution is 9.10. The van der Waals surface area contributed by atoms with Crippen molar-refractivity contribution in [2.24, 2.45) is 0 Å². The van der Waals surface area contributed by atoms with Gasteiger partial charge >= 0.3 is 5.69 Å². The Bertz CT molecular complexity index is 624. The van der Waals surface area contributed by atoms with Gasteiger partial charge in [0.25, 0.3) is 0 Å². The van der Waals surface area contributed by atoms with Crippen molar-refractivity contribution in [3.05, 3.63) is 56.2 Å². The number of hydrogen-bond donors (Lipinski definition) is 1. The van der Waals surface area contributed by atoms with E-state index in [1.807, 2.05) is 32.0 Å². The van der Waals surface area contributed by atoms with Gasteiger partial charge in [0.15, 0.2) is 0 Å². The van der Waals surface area contributed by atoms with E-state index in [0.29, 0.717) is 4.47 Å². The van der Waals surface area contributed by atoms with E-state index in [-0.39, 0.29) is 11.5 Å². The summed E-state index contributed by atoms with van der Waals surface area (Å²) in [5, 5.41) is 14.0. The highest BCUT2D eigenvalue weighted by atomic mass is 79.9. The van der Waals surface area contributed by atoms with Gasteiger partial charge in [-0.05, 0) is 53.0 Å². The number of aromatic nitrogens is 1. The molecule has 0 radical (unpaired) electrons. The molecule has 0 atom stereocenters. The van der Waals surface area contributed by atoms with E-state index >= 15 is 0 Å². The third-order valence-electron chi connectivity index (χ3n) is 2.52. The van der Waals surface area contributed by atoms with E-state index in [9.17, 15) is 10.1 Å². The summed E-state index contributed by atoms with van der Waals surface area (Å²) in [7, 11) is 0. The Hall–Kier alpha value is -1.95. The van der Waals surface area contributed by atoms with Crippen molar-refractivity contribution in [1.29, 1.82) is 0 Å². The first-order valence-electron chi connectivity index (χ1n) is 5.61. The molecule has 2 aromatic rings. The van der Waals surface area contributed by atoms with Gasteiger partial charge in [0.1, 0.15) is 0 Å². The highest BCUT2D eigenvalue weighted by Gasteiger charge is 2.16. The fourth-order valence-corrected chi connectivity index (χ4v) is 2.17. The molecule has 0 saturated heterocycles. The van der Waals surface area contributed by atoms with Crippen LogP contribution in [0.3, 0.4) is 0 Å². The van der Waals surface area contributed by atoms with Crippen molar-refractivity contribution in [2.75, 3.05) is 5.32 Å². The fraction of sp³-hybridized carbons (Fsp3) is 0.154. The standard InChI is InChI=1S/C13H12BrN3O2/c1-8-3-9(2)5-11(4-8)16-13-12(17(18)19)6-10(14)7-15-13/h3-7H,1-2H3,(H,15,16). The van der Waals surface area contributed by atoms with Crippen LogP contribution in [0, 0.1) is 24.0 Å². The zero-order valence-electron chi connectivity index (χ0n) is 10.5. The molecule has 5 nitrogen and oxygen atoms in total. The lowest BCUT2D eigenvalue weighted by Crippen LogP contribution is -2.00. The van der Waals surface area contributed by atoms with Crippen molar-refractivity contribution >= 4 is 33.1 Å². The number of hydrogen-bond acceptors (Lipinski definition) is 4. The molecule has 0 aliphatic rings. The van der Waals surface area contributed by atoms with E-state index in [1.165, 1.54) is 12.3 Å². The number of halogens is 1. The van der Waals surface area contributed by atoms with Crippen LogP contribution in [-0.4, -0.2) is 9.91 Å².